The minimum Gasteiger partial charge on any atom is -0.480 e. The average Bonchev–Trinajstić information content (AvgIpc) is 2.94. The minimum absolute atomic E-state index is 0.198. The molecule has 44 heavy (non-hydrogen) atoms. The number of aliphatic carboxylic acids is 2. The number of esters is 4. The molecule has 0 aliphatic carbocycles. The predicted octanol–water partition coefficient (Wildman–Crippen LogP) is -4.15. The second-order valence-corrected chi connectivity index (χ2v) is 8.92. The Hall–Kier alpha value is -5.24. The van der Waals surface area contributed by atoms with Crippen molar-refractivity contribution in [1.82, 2.24) is 9.80 Å². The molecule has 4 amide bonds. The van der Waals surface area contributed by atoms with Gasteiger partial charge in [0.1, 0.15) is 0 Å². The number of nitrogens with two attached hydrogens (primary N) is 2. The Bertz CT molecular complexity index is 1270. The first-order chi connectivity index (χ1) is 20.4. The summed E-state index contributed by atoms with van der Waals surface area (Å²) in [7, 11) is 1.26. The molecule has 20 nitrogen and oxygen atoms in total. The van der Waals surface area contributed by atoms with Gasteiger partial charge in [0.05, 0.1) is 0 Å². The molecular weight excluding hydrogens is 600 g/mol. The number of likely N-dealkylation sites (tertiary alicyclic amines) is 2. The first-order valence-electron chi connectivity index (χ1n) is 12.5. The van der Waals surface area contributed by atoms with Gasteiger partial charge in [0.25, 0.3) is 34.5 Å². The van der Waals surface area contributed by atoms with Crippen LogP contribution in [0.25, 0.3) is 0 Å². The molecule has 0 bridgehead atoms. The first-order valence-corrected chi connectivity index (χ1v) is 12.5. The summed E-state index contributed by atoms with van der Waals surface area (Å²) in [6.45, 7) is 4.98. The number of hydrogen-bond donors (Lipinski definition) is 4. The Balaban J connectivity index is 0.000000319. The number of carboxylic acids is 2. The summed E-state index contributed by atoms with van der Waals surface area (Å²) < 4.78 is 7.68. The summed E-state index contributed by atoms with van der Waals surface area (Å²) in [4.78, 5) is 134. The molecule has 0 aromatic rings. The van der Waals surface area contributed by atoms with Gasteiger partial charge in [0.2, 0.25) is 0 Å². The highest BCUT2D eigenvalue weighted by Gasteiger charge is 2.80. The van der Waals surface area contributed by atoms with Crippen LogP contribution in [0, 0.1) is 16.2 Å². The zero-order valence-corrected chi connectivity index (χ0v) is 23.7. The van der Waals surface area contributed by atoms with Crippen molar-refractivity contribution in [2.45, 2.75) is 40.0 Å². The number of Topliss-reactive ketones (excluding diaryl/α,β-unsaturated/α-hetero) is 2. The van der Waals surface area contributed by atoms with Gasteiger partial charge < -0.3 is 31.2 Å². The summed E-state index contributed by atoms with van der Waals surface area (Å²) in [5.74, 6) is -13.3. The lowest BCUT2D eigenvalue weighted by Gasteiger charge is -2.51. The molecule has 0 radical (unpaired) electrons. The quantitative estimate of drug-likeness (QED) is 0.0857. The minimum atomic E-state index is -2.93. The lowest BCUT2D eigenvalue weighted by molar-refractivity contribution is -0.224. The molecule has 4 aliphatic heterocycles. The number of β-lactam (4-membered cyclic amide) rings is 4. The summed E-state index contributed by atoms with van der Waals surface area (Å²) in [5.41, 5.74) is 2.12. The van der Waals surface area contributed by atoms with E-state index in [1.807, 2.05) is 0 Å². The Kier molecular flexibility index (Phi) is 11.2. The Morgan fingerprint density at radius 2 is 1.07 bits per heavy atom. The molecule has 2 spiro atoms. The highest BCUT2D eigenvalue weighted by molar-refractivity contribution is 6.52. The maximum Gasteiger partial charge on any atom is 0.357 e. The van der Waals surface area contributed by atoms with Gasteiger partial charge in [0, 0.05) is 33.1 Å². The number of carboxylic acid groups (broad SMARTS) is 2. The molecule has 20 heteroatoms. The second-order valence-electron chi connectivity index (χ2n) is 8.92. The summed E-state index contributed by atoms with van der Waals surface area (Å²) in [5, 5.41) is 17.7. The van der Waals surface area contributed by atoms with E-state index < -0.39 is 87.3 Å². The Labute approximate surface area is 246 Å². The number of rotatable bonds is 8. The van der Waals surface area contributed by atoms with E-state index in [9.17, 15) is 57.5 Å². The van der Waals surface area contributed by atoms with Crippen molar-refractivity contribution < 1.29 is 77.2 Å². The number of nitrogens with zero attached hydrogens (tertiary/aromatic N) is 2. The molecule has 4 rings (SSSR count). The molecule has 0 atom stereocenters. The van der Waals surface area contributed by atoms with Gasteiger partial charge in [0.15, 0.2) is 11.6 Å². The third-order valence-electron chi connectivity index (χ3n) is 6.57. The predicted molar refractivity (Wildman–Crippen MR) is 133 cm³/mol. The van der Waals surface area contributed by atoms with E-state index in [0.29, 0.717) is 0 Å². The fourth-order valence-corrected chi connectivity index (χ4v) is 4.11. The van der Waals surface area contributed by atoms with Crippen LogP contribution in [0.2, 0.25) is 0 Å². The van der Waals surface area contributed by atoms with Gasteiger partial charge in [-0.05, 0) is 13.3 Å². The lowest BCUT2D eigenvalue weighted by Crippen LogP contribution is -2.83. The molecule has 240 valence electrons. The summed E-state index contributed by atoms with van der Waals surface area (Å²) in [6.07, 6.45) is -0.267. The molecule has 0 aromatic heterocycles. The van der Waals surface area contributed by atoms with Crippen molar-refractivity contribution in [2.24, 2.45) is 27.7 Å². The number of ether oxygens (including phenoxy) is 2. The van der Waals surface area contributed by atoms with Crippen molar-refractivity contribution in [2.75, 3.05) is 20.3 Å². The summed E-state index contributed by atoms with van der Waals surface area (Å²) >= 11 is 0. The highest BCUT2D eigenvalue weighted by Crippen LogP contribution is 2.44. The first kappa shape index (κ1) is 36.8. The van der Waals surface area contributed by atoms with Crippen LogP contribution >= 0.6 is 0 Å². The van der Waals surface area contributed by atoms with Crippen molar-refractivity contribution in [3.63, 3.8) is 0 Å². The van der Waals surface area contributed by atoms with Crippen LogP contribution in [-0.4, -0.2) is 111 Å². The molecule has 0 saturated carbocycles. The molecule has 4 aliphatic rings. The van der Waals surface area contributed by atoms with Gasteiger partial charge in [-0.1, -0.05) is 13.8 Å². The average molecular weight is 629 g/mol. The number of carbonyl (C=O) groups is 12. The number of carbonyl (C=O) groups excluding carboxylic acids is 10. The van der Waals surface area contributed by atoms with E-state index >= 15 is 0 Å². The molecule has 4 saturated heterocycles. The van der Waals surface area contributed by atoms with E-state index in [4.69, 9.17) is 10.2 Å². The van der Waals surface area contributed by atoms with Gasteiger partial charge in [-0.3, -0.25) is 48.2 Å². The standard InChI is InChI=1S/C10H14O6.C8H8N2O4.C5O6.CH6N2/c1-3-5-7(12)10(8(13)14,9(15)16)6(11)4-2;1-3-10-6(13)8(7(10)14)4(11)9(2)5(8)12;6-1-5(2(7)10-1)3(8)11-4(5)9;2-1-3/h3-5H2,1-2H3,(H,13,14)(H,15,16);3H2,1-2H3;;1-3H2. The SMILES string of the molecule is CCCC(=O)C(C(=O)O)(C(=O)O)C(=O)CC.CCN1C(=O)C2(C(=O)N(C)C2=O)C1=O.NCN.O=C1OC(=O)C12C(=O)OC2=O. The molecule has 4 fully saturated rings. The largest absolute Gasteiger partial charge is 0.480 e. The Morgan fingerprint density at radius 3 is 1.30 bits per heavy atom. The van der Waals surface area contributed by atoms with Gasteiger partial charge in [-0.25, -0.2) is 19.2 Å². The fourth-order valence-electron chi connectivity index (χ4n) is 4.11. The zero-order chi connectivity index (χ0) is 34.5. The fraction of sp³-hybridized carbons (Fsp3) is 0.500. The van der Waals surface area contributed by atoms with Gasteiger partial charge in [-0.2, -0.15) is 0 Å². The third-order valence-corrected chi connectivity index (χ3v) is 6.57. The molecule has 0 aromatic carbocycles. The number of imide groups is 2. The number of cyclic esters (lactones) is 4. The van der Waals surface area contributed by atoms with Crippen LogP contribution in [0.1, 0.15) is 40.0 Å². The number of ketones is 2. The van der Waals surface area contributed by atoms with Crippen LogP contribution in [0.3, 0.4) is 0 Å². The van der Waals surface area contributed by atoms with E-state index in [2.05, 4.69) is 20.9 Å². The van der Waals surface area contributed by atoms with Crippen LogP contribution < -0.4 is 11.5 Å². The molecular formula is C24H28N4O16. The number of amides is 4. The third kappa shape index (κ3) is 4.92. The van der Waals surface area contributed by atoms with Crippen molar-refractivity contribution in [1.29, 1.82) is 0 Å². The monoisotopic (exact) mass is 628 g/mol. The number of hydrogen-bond acceptors (Lipinski definition) is 16. The maximum atomic E-state index is 11.6. The lowest BCUT2D eigenvalue weighted by atomic mass is 9.69. The maximum absolute atomic E-state index is 11.6. The van der Waals surface area contributed by atoms with E-state index in [0.717, 1.165) is 9.80 Å². The summed E-state index contributed by atoms with van der Waals surface area (Å²) in [6, 6.07) is 0. The van der Waals surface area contributed by atoms with Gasteiger partial charge >= 0.3 is 41.2 Å². The smallest absolute Gasteiger partial charge is 0.357 e. The highest BCUT2D eigenvalue weighted by atomic mass is 16.7. The van der Waals surface area contributed by atoms with E-state index in [1.54, 1.807) is 13.8 Å². The van der Waals surface area contributed by atoms with Crippen LogP contribution in [0.4, 0.5) is 0 Å². The van der Waals surface area contributed by atoms with Crippen molar-refractivity contribution >= 4 is 71.0 Å². The van der Waals surface area contributed by atoms with Crippen LogP contribution in [0.15, 0.2) is 0 Å². The Morgan fingerprint density at radius 1 is 0.705 bits per heavy atom. The second kappa shape index (κ2) is 13.4. The zero-order valence-electron chi connectivity index (χ0n) is 23.7. The molecule has 0 unspecified atom stereocenters. The van der Waals surface area contributed by atoms with Gasteiger partial charge in [-0.15, -0.1) is 0 Å². The van der Waals surface area contributed by atoms with E-state index in [-0.39, 0.29) is 32.5 Å². The van der Waals surface area contributed by atoms with Crippen LogP contribution in [-0.2, 0) is 67.0 Å². The van der Waals surface area contributed by atoms with Crippen molar-refractivity contribution in [3.05, 3.63) is 0 Å². The van der Waals surface area contributed by atoms with Crippen LogP contribution in [0.5, 0.6) is 0 Å². The normalized spacial score (nSPS) is 18.4. The molecule has 6 N–H and O–H groups in total. The van der Waals surface area contributed by atoms with E-state index in [1.165, 1.54) is 14.0 Å². The topological polar surface area (TPSA) is 322 Å². The van der Waals surface area contributed by atoms with Crippen molar-refractivity contribution in [3.8, 4) is 0 Å². The molecule has 4 heterocycles.